The number of nitrogens with zero attached hydrogens (tertiary/aromatic N) is 2. The lowest BCUT2D eigenvalue weighted by Gasteiger charge is -2.37. The van der Waals surface area contributed by atoms with Gasteiger partial charge in [0.15, 0.2) is 0 Å². The van der Waals surface area contributed by atoms with Crippen LogP contribution in [0.5, 0.6) is 0 Å². The predicted octanol–water partition coefficient (Wildman–Crippen LogP) is 1.10. The molecule has 0 spiro atoms. The average Bonchev–Trinajstić information content (AvgIpc) is 3.10. The number of hydrogen-bond acceptors (Lipinski definition) is 5. The molecule has 1 aliphatic carbocycles. The number of hydrogen-bond donors (Lipinski definition) is 3. The Hall–Kier alpha value is -2.84. The standard InChI is InChI=1S/C23H32F3N5O4/c1-21(2,3)16(30-20(35)23(24,25)26)19(34)31-10-13-14(22(13,4)5)15(31)18(33)29-12(9-27)8-11-6-7-28-17(11)32/h11-16H,6-8,10H2,1-5H3,(H,28,32)(H,29,33)(H,30,35)/t11-,12-,13-,14-,15-,16?/m0/s1/i1D3,2D3,3D3,7D2,12D,15D,16D. The maximum atomic E-state index is 14.3. The van der Waals surface area contributed by atoms with Crippen molar-refractivity contribution in [2.24, 2.45) is 28.6 Å². The van der Waals surface area contributed by atoms with Crippen molar-refractivity contribution in [1.82, 2.24) is 20.9 Å². The van der Waals surface area contributed by atoms with Crippen molar-refractivity contribution < 1.29 is 51.5 Å². The molecule has 6 atom stereocenters. The van der Waals surface area contributed by atoms with Gasteiger partial charge in [0.05, 0.1) is 10.2 Å². The van der Waals surface area contributed by atoms with Crippen molar-refractivity contribution in [1.29, 1.82) is 5.26 Å². The summed E-state index contributed by atoms with van der Waals surface area (Å²) in [6.07, 6.45) is -7.49. The lowest BCUT2D eigenvalue weighted by Crippen LogP contribution is -2.61. The van der Waals surface area contributed by atoms with Crippen molar-refractivity contribution in [2.45, 2.75) is 71.5 Å². The second-order valence-electron chi connectivity index (χ2n) is 9.10. The molecule has 2 heterocycles. The van der Waals surface area contributed by atoms with Crippen LogP contribution in [-0.4, -0.2) is 65.8 Å². The fraction of sp³-hybridized carbons (Fsp3) is 0.783. The van der Waals surface area contributed by atoms with E-state index in [1.807, 2.05) is 10.6 Å². The third-order valence-electron chi connectivity index (χ3n) is 6.36. The first-order valence-corrected chi connectivity index (χ1v) is 10.3. The van der Waals surface area contributed by atoms with E-state index in [-0.39, 0.29) is 4.90 Å². The molecule has 1 unspecified atom stereocenters. The van der Waals surface area contributed by atoms with Gasteiger partial charge in [0.2, 0.25) is 17.7 Å². The molecule has 0 bridgehead atoms. The first kappa shape index (κ1) is 13.5. The van der Waals surface area contributed by atoms with Gasteiger partial charge in [-0.1, -0.05) is 34.4 Å². The number of amides is 4. The minimum Gasteiger partial charge on any atom is -0.356 e. The van der Waals surface area contributed by atoms with Crippen molar-refractivity contribution in [2.75, 3.05) is 13.0 Å². The maximum Gasteiger partial charge on any atom is 0.471 e. The summed E-state index contributed by atoms with van der Waals surface area (Å²) in [7, 11) is 0. The third kappa shape index (κ3) is 5.23. The van der Waals surface area contributed by atoms with Crippen LogP contribution in [0.1, 0.15) is 66.4 Å². The minimum atomic E-state index is -6.05. The van der Waals surface area contributed by atoms with Gasteiger partial charge in [0.25, 0.3) is 0 Å². The van der Waals surface area contributed by atoms with E-state index in [2.05, 4.69) is 0 Å². The number of carbonyl (C=O) groups excluding carboxylic acids is 4. The van der Waals surface area contributed by atoms with E-state index in [1.165, 1.54) is 19.9 Å². The van der Waals surface area contributed by atoms with E-state index < -0.39 is 123 Å². The van der Waals surface area contributed by atoms with Gasteiger partial charge in [-0.25, -0.2) is 0 Å². The highest BCUT2D eigenvalue weighted by Gasteiger charge is 2.70. The number of rotatable bonds is 6. The number of carbonyl (C=O) groups is 4. The molecule has 0 aromatic heterocycles. The molecular formula is C23H32F3N5O4. The molecule has 3 aliphatic rings. The van der Waals surface area contributed by atoms with Gasteiger partial charge >= 0.3 is 12.1 Å². The lowest BCUT2D eigenvalue weighted by atomic mass is 9.85. The second-order valence-corrected chi connectivity index (χ2v) is 9.10. The molecule has 9 nitrogen and oxygen atoms in total. The number of fused-ring (bicyclic) bond motifs is 1. The van der Waals surface area contributed by atoms with Crippen LogP contribution in [0.25, 0.3) is 0 Å². The molecule has 4 amide bonds. The van der Waals surface area contributed by atoms with Crippen molar-refractivity contribution in [3.63, 3.8) is 0 Å². The number of halogens is 3. The first-order chi connectivity index (χ1) is 21.5. The molecule has 2 aliphatic heterocycles. The molecule has 3 N–H and O–H groups in total. The predicted molar refractivity (Wildman–Crippen MR) is 117 cm³/mol. The monoisotopic (exact) mass is 513 g/mol. The van der Waals surface area contributed by atoms with Gasteiger partial charge in [-0.3, -0.25) is 19.2 Å². The van der Waals surface area contributed by atoms with Crippen LogP contribution < -0.4 is 16.0 Å². The highest BCUT2D eigenvalue weighted by atomic mass is 19.4. The molecule has 1 saturated carbocycles. The Balaban J connectivity index is 2.25. The Morgan fingerprint density at radius 3 is 2.54 bits per heavy atom. The van der Waals surface area contributed by atoms with Crippen LogP contribution >= 0.6 is 0 Å². The molecule has 2 saturated heterocycles. The van der Waals surface area contributed by atoms with Crippen LogP contribution in [0.15, 0.2) is 0 Å². The fourth-order valence-electron chi connectivity index (χ4n) is 4.37. The van der Waals surface area contributed by atoms with Gasteiger partial charge in [0, 0.05) is 34.0 Å². The van der Waals surface area contributed by atoms with Crippen molar-refractivity contribution >= 4 is 23.6 Å². The van der Waals surface area contributed by atoms with Gasteiger partial charge in [-0.15, -0.1) is 0 Å². The largest absolute Gasteiger partial charge is 0.471 e. The summed E-state index contributed by atoms with van der Waals surface area (Å²) in [6.45, 7) is -13.9. The quantitative estimate of drug-likeness (QED) is 0.490. The lowest BCUT2D eigenvalue weighted by molar-refractivity contribution is -0.176. The Bertz CT molecular complexity index is 1440. The summed E-state index contributed by atoms with van der Waals surface area (Å²) in [5, 5.41) is 14.3. The fourth-order valence-corrected chi connectivity index (χ4v) is 4.37. The number of nitriles is 1. The Morgan fingerprint density at radius 2 is 2.03 bits per heavy atom. The Kier molecular flexibility index (Phi) is 3.46. The summed E-state index contributed by atoms with van der Waals surface area (Å²) in [5.41, 5.74) is -5.91. The summed E-state index contributed by atoms with van der Waals surface area (Å²) < 4.78 is 154. The Morgan fingerprint density at radius 1 is 1.37 bits per heavy atom. The molecule has 35 heavy (non-hydrogen) atoms. The highest BCUT2D eigenvalue weighted by Crippen LogP contribution is 2.65. The SMILES string of the molecule is [2H]C1([2H])C[C@@H](C[C@@]([2H])(C#N)NC(=O)[C@]2([2H])[C@@H]3[C@H](CN2C(=O)C([2H])(NC(=O)C(F)(F)F)C(C([2H])([2H])[2H])(C([2H])([2H])[2H])C([2H])([2H])[2H])C3(C)C)C(=O)N1. The zero-order chi connectivity index (χ0) is 38.6. The molecule has 3 rings (SSSR count). The molecule has 0 aromatic rings. The second kappa shape index (κ2) is 8.99. The third-order valence-corrected chi connectivity index (χ3v) is 6.36. The zero-order valence-electron chi connectivity index (χ0n) is 32.5. The maximum absolute atomic E-state index is 14.3. The van der Waals surface area contributed by atoms with Gasteiger partial charge < -0.3 is 20.9 Å². The summed E-state index contributed by atoms with van der Waals surface area (Å²) >= 11 is 0. The smallest absolute Gasteiger partial charge is 0.356 e. The summed E-state index contributed by atoms with van der Waals surface area (Å²) in [5.74, 6) is -12.2. The number of likely N-dealkylation sites (tertiary alicyclic amines) is 1. The Labute approximate surface area is 221 Å². The van der Waals surface area contributed by atoms with Crippen LogP contribution in [0.4, 0.5) is 13.2 Å². The first-order valence-electron chi connectivity index (χ1n) is 17.3. The van der Waals surface area contributed by atoms with E-state index in [4.69, 9.17) is 17.8 Å². The van der Waals surface area contributed by atoms with Gasteiger partial charge in [0.1, 0.15) is 18.1 Å². The summed E-state index contributed by atoms with van der Waals surface area (Å²) in [6, 6.07) is -9.50. The van der Waals surface area contributed by atoms with Crippen molar-refractivity contribution in [3.8, 4) is 6.07 Å². The van der Waals surface area contributed by atoms with Crippen LogP contribution in [0.3, 0.4) is 0 Å². The van der Waals surface area contributed by atoms with Crippen molar-refractivity contribution in [3.05, 3.63) is 0 Å². The van der Waals surface area contributed by atoms with E-state index in [1.54, 1.807) is 0 Å². The zero-order valence-corrected chi connectivity index (χ0v) is 18.5. The number of alkyl halides is 3. The normalized spacial score (nSPS) is 41.2. The number of nitrogens with one attached hydrogen (secondary N) is 3. The van der Waals surface area contributed by atoms with Gasteiger partial charge in [-0.2, -0.15) is 18.4 Å². The molecule has 12 heteroatoms. The van der Waals surface area contributed by atoms with E-state index in [0.29, 0.717) is 5.32 Å². The molecule has 3 fully saturated rings. The highest BCUT2D eigenvalue weighted by molar-refractivity contribution is 5.95. The summed E-state index contributed by atoms with van der Waals surface area (Å²) in [4.78, 5) is 52.7. The van der Waals surface area contributed by atoms with Crippen LogP contribution in [-0.2, 0) is 19.2 Å². The molecule has 194 valence electrons. The van der Waals surface area contributed by atoms with E-state index in [9.17, 15) is 39.0 Å². The molecule has 0 aromatic carbocycles. The van der Waals surface area contributed by atoms with Crippen LogP contribution in [0.2, 0.25) is 0 Å². The molecular weight excluding hydrogens is 467 g/mol. The van der Waals surface area contributed by atoms with Gasteiger partial charge in [-0.05, 0) is 35.5 Å². The average molecular weight is 514 g/mol. The minimum absolute atomic E-state index is 0.0523. The number of piperidine rings is 1. The molecule has 0 radical (unpaired) electrons. The van der Waals surface area contributed by atoms with Crippen LogP contribution in [0, 0.1) is 39.9 Å². The van der Waals surface area contributed by atoms with E-state index in [0.717, 1.165) is 0 Å². The van der Waals surface area contributed by atoms with E-state index >= 15 is 0 Å². The topological polar surface area (TPSA) is 131 Å².